The van der Waals surface area contributed by atoms with Crippen LogP contribution in [0.2, 0.25) is 0 Å². The molecule has 1 saturated heterocycles. The first-order valence-electron chi connectivity index (χ1n) is 11.5. The lowest BCUT2D eigenvalue weighted by atomic mass is 10.0. The van der Waals surface area contributed by atoms with E-state index in [1.54, 1.807) is 0 Å². The number of nitrogens with zero attached hydrogens (tertiary/aromatic N) is 2. The highest BCUT2D eigenvalue weighted by Gasteiger charge is 2.32. The lowest BCUT2D eigenvalue weighted by Gasteiger charge is -2.32. The van der Waals surface area contributed by atoms with E-state index in [9.17, 15) is 9.59 Å². The van der Waals surface area contributed by atoms with Gasteiger partial charge in [-0.25, -0.2) is 10.0 Å². The fraction of sp³-hybridized carbons (Fsp3) is 0.286. The van der Waals surface area contributed by atoms with E-state index in [-0.39, 0.29) is 17.7 Å². The van der Waals surface area contributed by atoms with Gasteiger partial charge in [0, 0.05) is 37.3 Å². The third kappa shape index (κ3) is 5.95. The second-order valence-corrected chi connectivity index (χ2v) is 8.35. The van der Waals surface area contributed by atoms with Crippen molar-refractivity contribution in [3.63, 3.8) is 0 Å². The van der Waals surface area contributed by atoms with Crippen LogP contribution in [0.1, 0.15) is 40.4 Å². The predicted molar refractivity (Wildman–Crippen MR) is 128 cm³/mol. The molecule has 1 atom stereocenters. The predicted octanol–water partition coefficient (Wildman–Crippen LogP) is 4.72. The molecule has 0 aromatic heterocycles. The second-order valence-electron chi connectivity index (χ2n) is 8.35. The van der Waals surface area contributed by atoms with E-state index in [0.717, 1.165) is 25.1 Å². The van der Waals surface area contributed by atoms with Crippen molar-refractivity contribution in [3.8, 4) is 0 Å². The Hall–Kier alpha value is -3.28. The van der Waals surface area contributed by atoms with Crippen molar-refractivity contribution >= 4 is 11.8 Å². The van der Waals surface area contributed by atoms with Crippen molar-refractivity contribution in [1.82, 2.24) is 10.0 Å². The lowest BCUT2D eigenvalue weighted by Crippen LogP contribution is -2.40. The Morgan fingerprint density at radius 3 is 2.06 bits per heavy atom. The Morgan fingerprint density at radius 2 is 1.42 bits per heavy atom. The SMILES string of the molecule is CCOC(=O)C1CCN(N(Cc2ccccc2)Cc2ccc(C(=O)c3ccccc3)cc2)C1. The molecule has 0 saturated carbocycles. The van der Waals surface area contributed by atoms with Crippen LogP contribution in [-0.4, -0.2) is 41.5 Å². The number of carbonyl (C=O) groups excluding carboxylic acids is 2. The van der Waals surface area contributed by atoms with Crippen molar-refractivity contribution in [2.45, 2.75) is 26.4 Å². The molecule has 33 heavy (non-hydrogen) atoms. The number of ketones is 1. The average Bonchev–Trinajstić information content (AvgIpc) is 3.36. The van der Waals surface area contributed by atoms with E-state index in [1.165, 1.54) is 5.56 Å². The van der Waals surface area contributed by atoms with Gasteiger partial charge in [0.1, 0.15) is 0 Å². The molecule has 0 radical (unpaired) electrons. The molecule has 1 aliphatic rings. The van der Waals surface area contributed by atoms with E-state index in [4.69, 9.17) is 4.74 Å². The van der Waals surface area contributed by atoms with Gasteiger partial charge in [0.2, 0.25) is 0 Å². The molecule has 0 bridgehead atoms. The number of benzene rings is 3. The molecule has 0 N–H and O–H groups in total. The van der Waals surface area contributed by atoms with Crippen LogP contribution in [0.25, 0.3) is 0 Å². The molecule has 5 nitrogen and oxygen atoms in total. The van der Waals surface area contributed by atoms with Gasteiger partial charge in [-0.3, -0.25) is 9.59 Å². The van der Waals surface area contributed by atoms with Gasteiger partial charge in [-0.1, -0.05) is 84.9 Å². The normalized spacial score (nSPS) is 16.1. The Morgan fingerprint density at radius 1 is 0.848 bits per heavy atom. The molecule has 1 heterocycles. The fourth-order valence-electron chi connectivity index (χ4n) is 4.23. The van der Waals surface area contributed by atoms with E-state index in [2.05, 4.69) is 22.2 Å². The summed E-state index contributed by atoms with van der Waals surface area (Å²) >= 11 is 0. The minimum Gasteiger partial charge on any atom is -0.466 e. The number of hydrogen-bond acceptors (Lipinski definition) is 5. The molecule has 170 valence electrons. The summed E-state index contributed by atoms with van der Waals surface area (Å²) in [5.74, 6) is -0.169. The number of hydrogen-bond donors (Lipinski definition) is 0. The Balaban J connectivity index is 1.48. The highest BCUT2D eigenvalue weighted by Crippen LogP contribution is 2.23. The Labute approximate surface area is 195 Å². The molecule has 5 heteroatoms. The first-order valence-corrected chi connectivity index (χ1v) is 11.5. The monoisotopic (exact) mass is 442 g/mol. The van der Waals surface area contributed by atoms with Crippen molar-refractivity contribution in [2.24, 2.45) is 5.92 Å². The number of hydrazine groups is 1. The summed E-state index contributed by atoms with van der Waals surface area (Å²) in [4.78, 5) is 25.0. The number of ether oxygens (including phenoxy) is 1. The van der Waals surface area contributed by atoms with Crippen molar-refractivity contribution in [2.75, 3.05) is 19.7 Å². The molecule has 1 fully saturated rings. The van der Waals surface area contributed by atoms with E-state index < -0.39 is 0 Å². The van der Waals surface area contributed by atoms with Crippen LogP contribution in [0.4, 0.5) is 0 Å². The first kappa shape index (κ1) is 22.9. The largest absolute Gasteiger partial charge is 0.466 e. The zero-order valence-corrected chi connectivity index (χ0v) is 19.0. The third-order valence-electron chi connectivity index (χ3n) is 6.01. The summed E-state index contributed by atoms with van der Waals surface area (Å²) in [6.45, 7) is 5.19. The Bertz CT molecular complexity index is 1050. The summed E-state index contributed by atoms with van der Waals surface area (Å²) in [5.41, 5.74) is 3.71. The number of rotatable bonds is 9. The molecule has 3 aromatic rings. The second kappa shape index (κ2) is 11.0. The van der Waals surface area contributed by atoms with Crippen molar-refractivity contribution < 1.29 is 14.3 Å². The number of carbonyl (C=O) groups is 2. The van der Waals surface area contributed by atoms with Gasteiger partial charge in [-0.05, 0) is 24.5 Å². The zero-order chi connectivity index (χ0) is 23.0. The smallest absolute Gasteiger partial charge is 0.310 e. The van der Waals surface area contributed by atoms with Gasteiger partial charge in [0.15, 0.2) is 5.78 Å². The summed E-state index contributed by atoms with van der Waals surface area (Å²) in [7, 11) is 0. The molecule has 3 aromatic carbocycles. The molecule has 1 aliphatic heterocycles. The molecule has 0 spiro atoms. The highest BCUT2D eigenvalue weighted by molar-refractivity contribution is 6.08. The van der Waals surface area contributed by atoms with Crippen molar-refractivity contribution in [3.05, 3.63) is 107 Å². The summed E-state index contributed by atoms with van der Waals surface area (Å²) in [6.07, 6.45) is 0.800. The van der Waals surface area contributed by atoms with Gasteiger partial charge in [0.05, 0.1) is 12.5 Å². The highest BCUT2D eigenvalue weighted by atomic mass is 16.5. The lowest BCUT2D eigenvalue weighted by molar-refractivity contribution is -0.148. The summed E-state index contributed by atoms with van der Waals surface area (Å²) in [5, 5.41) is 4.56. The molecule has 4 rings (SSSR count). The minimum atomic E-state index is -0.108. The molecule has 0 amide bonds. The fourth-order valence-corrected chi connectivity index (χ4v) is 4.23. The molecule has 1 unspecified atom stereocenters. The van der Waals surface area contributed by atoms with Crippen LogP contribution in [0, 0.1) is 5.92 Å². The van der Waals surface area contributed by atoms with Crippen molar-refractivity contribution in [1.29, 1.82) is 0 Å². The minimum absolute atomic E-state index is 0.0279. The van der Waals surface area contributed by atoms with Gasteiger partial charge >= 0.3 is 5.97 Å². The zero-order valence-electron chi connectivity index (χ0n) is 19.0. The maximum absolute atomic E-state index is 12.7. The average molecular weight is 443 g/mol. The maximum atomic E-state index is 12.7. The summed E-state index contributed by atoms with van der Waals surface area (Å²) in [6, 6.07) is 27.5. The van der Waals surface area contributed by atoms with Gasteiger partial charge in [0.25, 0.3) is 0 Å². The third-order valence-corrected chi connectivity index (χ3v) is 6.01. The molecular formula is C28H30N2O3. The van der Waals surface area contributed by atoms with Gasteiger partial charge in [-0.2, -0.15) is 0 Å². The number of esters is 1. The summed E-state index contributed by atoms with van der Waals surface area (Å²) < 4.78 is 5.25. The van der Waals surface area contributed by atoms with E-state index in [1.807, 2.05) is 79.7 Å². The van der Waals surface area contributed by atoms with E-state index >= 15 is 0 Å². The van der Waals surface area contributed by atoms with Crippen LogP contribution in [-0.2, 0) is 22.6 Å². The van der Waals surface area contributed by atoms with Gasteiger partial charge in [-0.15, -0.1) is 0 Å². The molecular weight excluding hydrogens is 412 g/mol. The van der Waals surface area contributed by atoms with Crippen LogP contribution in [0.3, 0.4) is 0 Å². The van der Waals surface area contributed by atoms with Crippen LogP contribution < -0.4 is 0 Å². The van der Waals surface area contributed by atoms with E-state index in [0.29, 0.717) is 30.8 Å². The van der Waals surface area contributed by atoms with Crippen LogP contribution in [0.15, 0.2) is 84.9 Å². The Kier molecular flexibility index (Phi) is 7.66. The quantitative estimate of drug-likeness (QED) is 0.355. The molecule has 0 aliphatic carbocycles. The van der Waals surface area contributed by atoms with Crippen LogP contribution in [0.5, 0.6) is 0 Å². The standard InChI is InChI=1S/C28H30N2O3/c1-2-33-28(32)26-17-18-29(21-26)30(19-22-9-5-3-6-10-22)20-23-13-15-25(16-14-23)27(31)24-11-7-4-8-12-24/h3-16,26H,2,17-21H2,1H3. The van der Waals surface area contributed by atoms with Gasteiger partial charge < -0.3 is 4.74 Å². The topological polar surface area (TPSA) is 49.9 Å². The van der Waals surface area contributed by atoms with Crippen LogP contribution >= 0.6 is 0 Å². The first-order chi connectivity index (χ1) is 16.1. The maximum Gasteiger partial charge on any atom is 0.310 e.